The van der Waals surface area contributed by atoms with Gasteiger partial charge in [0.25, 0.3) is 0 Å². The fraction of sp³-hybridized carbons (Fsp3) is 0.167. The second kappa shape index (κ2) is 7.47. The van der Waals surface area contributed by atoms with Gasteiger partial charge in [-0.25, -0.2) is 0 Å². The largest absolute Gasteiger partial charge is 0.324 e. The molecule has 0 atom stereocenters. The highest BCUT2D eigenvalue weighted by Crippen LogP contribution is 2.20. The summed E-state index contributed by atoms with van der Waals surface area (Å²) < 4.78 is 0. The molecule has 5 heteroatoms. The molecule has 1 aromatic carbocycles. The van der Waals surface area contributed by atoms with Crippen molar-refractivity contribution < 1.29 is 4.79 Å². The minimum atomic E-state index is -0.0309. The Labute approximate surface area is 134 Å². The zero-order valence-corrected chi connectivity index (χ0v) is 12.7. The molecule has 116 valence electrons. The highest BCUT2D eigenvalue weighted by molar-refractivity contribution is 6.00. The molecule has 1 amide bonds. The van der Waals surface area contributed by atoms with Gasteiger partial charge in [-0.1, -0.05) is 24.3 Å². The lowest BCUT2D eigenvalue weighted by Gasteiger charge is -2.08. The average molecular weight is 306 g/mol. The molecular weight excluding hydrogens is 288 g/mol. The first kappa shape index (κ1) is 15.1. The van der Waals surface area contributed by atoms with Gasteiger partial charge in [0.1, 0.15) is 0 Å². The number of carbonyl (C=O) groups excluding carboxylic acids is 1. The van der Waals surface area contributed by atoms with E-state index in [-0.39, 0.29) is 5.91 Å². The van der Waals surface area contributed by atoms with Crippen molar-refractivity contribution in [1.82, 2.24) is 15.3 Å². The maximum atomic E-state index is 12.1. The number of pyridine rings is 2. The number of fused-ring (bicyclic) bond motifs is 1. The minimum absolute atomic E-state index is 0.0309. The Morgan fingerprint density at radius 2 is 1.83 bits per heavy atom. The van der Waals surface area contributed by atoms with Crippen LogP contribution in [0, 0.1) is 0 Å². The van der Waals surface area contributed by atoms with Gasteiger partial charge in [-0.2, -0.15) is 0 Å². The lowest BCUT2D eigenvalue weighted by Crippen LogP contribution is -2.22. The molecule has 0 fully saturated rings. The van der Waals surface area contributed by atoms with Crippen molar-refractivity contribution >= 4 is 22.5 Å². The van der Waals surface area contributed by atoms with Crippen LogP contribution in [0.1, 0.15) is 12.1 Å². The average Bonchev–Trinajstić information content (AvgIpc) is 2.60. The molecule has 3 aromatic rings. The van der Waals surface area contributed by atoms with Crippen molar-refractivity contribution in [3.05, 3.63) is 66.6 Å². The van der Waals surface area contributed by atoms with Crippen LogP contribution in [0.4, 0.5) is 5.69 Å². The fourth-order valence-electron chi connectivity index (χ4n) is 2.34. The first-order valence-electron chi connectivity index (χ1n) is 7.57. The van der Waals surface area contributed by atoms with Gasteiger partial charge >= 0.3 is 0 Å². The molecule has 5 nitrogen and oxygen atoms in total. The van der Waals surface area contributed by atoms with E-state index in [0.29, 0.717) is 19.5 Å². The van der Waals surface area contributed by atoms with E-state index >= 15 is 0 Å². The lowest BCUT2D eigenvalue weighted by molar-refractivity contribution is -0.116. The van der Waals surface area contributed by atoms with Crippen molar-refractivity contribution in [1.29, 1.82) is 0 Å². The number of rotatable bonds is 6. The fourth-order valence-corrected chi connectivity index (χ4v) is 2.34. The monoisotopic (exact) mass is 306 g/mol. The Bertz CT molecular complexity index is 784. The third-order valence-corrected chi connectivity index (χ3v) is 3.47. The van der Waals surface area contributed by atoms with Crippen LogP contribution in [-0.2, 0) is 11.3 Å². The van der Waals surface area contributed by atoms with Crippen LogP contribution in [0.15, 0.2) is 60.9 Å². The maximum Gasteiger partial charge on any atom is 0.225 e. The normalized spacial score (nSPS) is 10.6. The van der Waals surface area contributed by atoms with E-state index in [2.05, 4.69) is 20.6 Å². The molecule has 0 radical (unpaired) electrons. The number of aromatic nitrogens is 2. The number of para-hydroxylation sites is 1. The molecule has 3 rings (SSSR count). The van der Waals surface area contributed by atoms with Crippen LogP contribution < -0.4 is 10.6 Å². The topological polar surface area (TPSA) is 66.9 Å². The van der Waals surface area contributed by atoms with Gasteiger partial charge in [0.15, 0.2) is 0 Å². The van der Waals surface area contributed by atoms with Crippen molar-refractivity contribution in [2.24, 2.45) is 0 Å². The van der Waals surface area contributed by atoms with Crippen LogP contribution in [0.2, 0.25) is 0 Å². The molecule has 2 heterocycles. The van der Waals surface area contributed by atoms with Gasteiger partial charge < -0.3 is 10.6 Å². The summed E-state index contributed by atoms with van der Waals surface area (Å²) >= 11 is 0. The predicted octanol–water partition coefficient (Wildman–Crippen LogP) is 2.75. The molecule has 0 spiro atoms. The molecular formula is C18H18N4O. The minimum Gasteiger partial charge on any atom is -0.324 e. The standard InChI is InChI=1S/C18H18N4O/c23-17(9-12-19-13-15-7-1-2-10-20-15)22-16-8-3-5-14-6-4-11-21-18(14)16/h1-8,10-11,19H,9,12-13H2,(H,22,23). The van der Waals surface area contributed by atoms with Crippen molar-refractivity contribution in [3.63, 3.8) is 0 Å². The Kier molecular flexibility index (Phi) is 4.91. The van der Waals surface area contributed by atoms with E-state index < -0.39 is 0 Å². The van der Waals surface area contributed by atoms with Gasteiger partial charge in [-0.3, -0.25) is 14.8 Å². The summed E-state index contributed by atoms with van der Waals surface area (Å²) in [6, 6.07) is 15.4. The second-order valence-corrected chi connectivity index (χ2v) is 5.18. The number of nitrogens with one attached hydrogen (secondary N) is 2. The summed E-state index contributed by atoms with van der Waals surface area (Å²) in [6.07, 6.45) is 3.89. The first-order valence-corrected chi connectivity index (χ1v) is 7.57. The zero-order valence-electron chi connectivity index (χ0n) is 12.7. The quantitative estimate of drug-likeness (QED) is 0.687. The molecule has 2 N–H and O–H groups in total. The number of benzene rings is 1. The Hall–Kier alpha value is -2.79. The summed E-state index contributed by atoms with van der Waals surface area (Å²) in [5.74, 6) is -0.0309. The third kappa shape index (κ3) is 4.11. The highest BCUT2D eigenvalue weighted by Gasteiger charge is 2.06. The molecule has 0 saturated heterocycles. The van der Waals surface area contributed by atoms with Crippen molar-refractivity contribution in [2.45, 2.75) is 13.0 Å². The Balaban J connectivity index is 1.51. The van der Waals surface area contributed by atoms with E-state index in [1.54, 1.807) is 12.4 Å². The van der Waals surface area contributed by atoms with Gasteiger partial charge in [-0.05, 0) is 24.3 Å². The second-order valence-electron chi connectivity index (χ2n) is 5.18. The molecule has 0 saturated carbocycles. The van der Waals surface area contributed by atoms with E-state index in [1.165, 1.54) is 0 Å². The maximum absolute atomic E-state index is 12.1. The summed E-state index contributed by atoms with van der Waals surface area (Å²) in [7, 11) is 0. The molecule has 0 aliphatic carbocycles. The molecule has 0 aliphatic heterocycles. The summed E-state index contributed by atoms with van der Waals surface area (Å²) in [6.45, 7) is 1.25. The highest BCUT2D eigenvalue weighted by atomic mass is 16.1. The lowest BCUT2D eigenvalue weighted by atomic mass is 10.2. The van der Waals surface area contributed by atoms with E-state index in [4.69, 9.17) is 0 Å². The number of amides is 1. The smallest absolute Gasteiger partial charge is 0.225 e. The first-order chi connectivity index (χ1) is 11.3. The molecule has 0 aliphatic rings. The molecule has 23 heavy (non-hydrogen) atoms. The Morgan fingerprint density at radius 3 is 2.70 bits per heavy atom. The van der Waals surface area contributed by atoms with Crippen LogP contribution in [0.5, 0.6) is 0 Å². The van der Waals surface area contributed by atoms with Gasteiger partial charge in [0, 0.05) is 37.3 Å². The van der Waals surface area contributed by atoms with Crippen LogP contribution in [0.25, 0.3) is 10.9 Å². The predicted molar refractivity (Wildman–Crippen MR) is 90.9 cm³/mol. The van der Waals surface area contributed by atoms with Gasteiger partial charge in [-0.15, -0.1) is 0 Å². The van der Waals surface area contributed by atoms with Gasteiger partial charge in [0.2, 0.25) is 5.91 Å². The summed E-state index contributed by atoms with van der Waals surface area (Å²) in [5, 5.41) is 7.16. The molecule has 0 bridgehead atoms. The van der Waals surface area contributed by atoms with E-state index in [1.807, 2.05) is 48.5 Å². The number of hydrogen-bond donors (Lipinski definition) is 2. The SMILES string of the molecule is O=C(CCNCc1ccccn1)Nc1cccc2cccnc12. The number of hydrogen-bond acceptors (Lipinski definition) is 4. The van der Waals surface area contributed by atoms with Crippen LogP contribution in [0.3, 0.4) is 0 Å². The molecule has 2 aromatic heterocycles. The third-order valence-electron chi connectivity index (χ3n) is 3.47. The van der Waals surface area contributed by atoms with Crippen molar-refractivity contribution in [3.8, 4) is 0 Å². The molecule has 0 unspecified atom stereocenters. The summed E-state index contributed by atoms with van der Waals surface area (Å²) in [4.78, 5) is 20.6. The number of anilines is 1. The zero-order chi connectivity index (χ0) is 15.9. The summed E-state index contributed by atoms with van der Waals surface area (Å²) in [5.41, 5.74) is 2.52. The van der Waals surface area contributed by atoms with E-state index in [9.17, 15) is 4.79 Å². The van der Waals surface area contributed by atoms with E-state index in [0.717, 1.165) is 22.3 Å². The number of carbonyl (C=O) groups is 1. The van der Waals surface area contributed by atoms with Crippen molar-refractivity contribution in [2.75, 3.05) is 11.9 Å². The van der Waals surface area contributed by atoms with Crippen LogP contribution >= 0.6 is 0 Å². The Morgan fingerprint density at radius 1 is 0.957 bits per heavy atom. The number of nitrogens with zero attached hydrogens (tertiary/aromatic N) is 2. The van der Waals surface area contributed by atoms with Crippen LogP contribution in [-0.4, -0.2) is 22.4 Å². The van der Waals surface area contributed by atoms with Gasteiger partial charge in [0.05, 0.1) is 16.9 Å².